The van der Waals surface area contributed by atoms with E-state index in [2.05, 4.69) is 30.8 Å². The molecule has 0 bridgehead atoms. The van der Waals surface area contributed by atoms with Crippen LogP contribution in [0.4, 0.5) is 5.95 Å². The number of anilines is 1. The number of fused-ring (bicyclic) bond motifs is 2. The van der Waals surface area contributed by atoms with Gasteiger partial charge in [0.2, 0.25) is 5.95 Å². The average molecular weight is 301 g/mol. The van der Waals surface area contributed by atoms with Crippen molar-refractivity contribution in [3.8, 4) is 0 Å². The van der Waals surface area contributed by atoms with Gasteiger partial charge < -0.3 is 10.6 Å². The Kier molecular flexibility index (Phi) is 2.98. The molecule has 0 saturated heterocycles. The van der Waals surface area contributed by atoms with E-state index in [4.69, 9.17) is 11.6 Å². The Morgan fingerprint density at radius 3 is 3.14 bits per heavy atom. The van der Waals surface area contributed by atoms with Gasteiger partial charge in [0.25, 0.3) is 0 Å². The molecule has 4 rings (SSSR count). The lowest BCUT2D eigenvalue weighted by atomic mass is 10.1. The standard InChI is InChI=1S/C14H13ClN6/c15-10-1-8(11-6-19-21-12(11)2-10)4-17-14-18-5-9-3-16-7-13(9)20-14/h1-2,5-6,16H,3-4,7H2,(H,19,21)(H,17,18,20). The first-order valence-electron chi connectivity index (χ1n) is 6.70. The van der Waals surface area contributed by atoms with Crippen LogP contribution in [0.5, 0.6) is 0 Å². The topological polar surface area (TPSA) is 78.5 Å². The van der Waals surface area contributed by atoms with Gasteiger partial charge in [0.15, 0.2) is 0 Å². The number of H-pyrrole nitrogens is 1. The molecule has 1 aliphatic rings. The Labute approximate surface area is 125 Å². The molecule has 1 aromatic carbocycles. The van der Waals surface area contributed by atoms with Crippen LogP contribution >= 0.6 is 11.6 Å². The first-order valence-corrected chi connectivity index (χ1v) is 7.08. The molecule has 3 heterocycles. The minimum absolute atomic E-state index is 0.600. The predicted octanol–water partition coefficient (Wildman–Crippen LogP) is 2.22. The Balaban J connectivity index is 1.59. The van der Waals surface area contributed by atoms with Crippen LogP contribution in [0.3, 0.4) is 0 Å². The second-order valence-electron chi connectivity index (χ2n) is 5.02. The largest absolute Gasteiger partial charge is 0.350 e. The first-order chi connectivity index (χ1) is 10.3. The summed E-state index contributed by atoms with van der Waals surface area (Å²) in [6, 6.07) is 3.80. The smallest absolute Gasteiger partial charge is 0.223 e. The normalized spacial score (nSPS) is 13.6. The third-order valence-electron chi connectivity index (χ3n) is 3.61. The molecule has 2 aromatic heterocycles. The van der Waals surface area contributed by atoms with E-state index in [9.17, 15) is 0 Å². The highest BCUT2D eigenvalue weighted by Crippen LogP contribution is 2.23. The molecule has 0 radical (unpaired) electrons. The monoisotopic (exact) mass is 300 g/mol. The van der Waals surface area contributed by atoms with Gasteiger partial charge in [-0.3, -0.25) is 5.10 Å². The van der Waals surface area contributed by atoms with Crippen LogP contribution in [0.25, 0.3) is 10.9 Å². The summed E-state index contributed by atoms with van der Waals surface area (Å²) in [6.07, 6.45) is 3.67. The molecule has 3 aromatic rings. The fourth-order valence-corrected chi connectivity index (χ4v) is 2.79. The van der Waals surface area contributed by atoms with E-state index in [1.807, 2.05) is 18.3 Å². The summed E-state index contributed by atoms with van der Waals surface area (Å²) in [5.41, 5.74) is 4.22. The molecular formula is C14H13ClN6. The second-order valence-corrected chi connectivity index (χ2v) is 5.46. The highest BCUT2D eigenvalue weighted by atomic mass is 35.5. The van der Waals surface area contributed by atoms with Crippen LogP contribution in [0, 0.1) is 0 Å². The minimum Gasteiger partial charge on any atom is -0.350 e. The van der Waals surface area contributed by atoms with Crippen molar-refractivity contribution in [2.75, 3.05) is 5.32 Å². The maximum Gasteiger partial charge on any atom is 0.223 e. The molecule has 3 N–H and O–H groups in total. The second kappa shape index (κ2) is 4.98. The number of hydrogen-bond acceptors (Lipinski definition) is 5. The summed E-state index contributed by atoms with van der Waals surface area (Å²) in [6.45, 7) is 2.25. The summed E-state index contributed by atoms with van der Waals surface area (Å²) >= 11 is 6.12. The van der Waals surface area contributed by atoms with E-state index in [-0.39, 0.29) is 0 Å². The Morgan fingerprint density at radius 1 is 1.24 bits per heavy atom. The van der Waals surface area contributed by atoms with Crippen LogP contribution in [0.2, 0.25) is 5.02 Å². The molecule has 0 amide bonds. The average Bonchev–Trinajstić information content (AvgIpc) is 3.12. The van der Waals surface area contributed by atoms with Crippen molar-refractivity contribution >= 4 is 28.5 Å². The van der Waals surface area contributed by atoms with Gasteiger partial charge in [0, 0.05) is 41.8 Å². The van der Waals surface area contributed by atoms with Crippen molar-refractivity contribution in [3.63, 3.8) is 0 Å². The van der Waals surface area contributed by atoms with Crippen LogP contribution in [0.15, 0.2) is 24.5 Å². The molecule has 7 heteroatoms. The molecule has 106 valence electrons. The number of halogens is 1. The van der Waals surface area contributed by atoms with Crippen molar-refractivity contribution in [2.45, 2.75) is 19.6 Å². The van der Waals surface area contributed by atoms with Crippen LogP contribution in [-0.2, 0) is 19.6 Å². The van der Waals surface area contributed by atoms with Gasteiger partial charge in [-0.1, -0.05) is 11.6 Å². The van der Waals surface area contributed by atoms with Gasteiger partial charge in [-0.2, -0.15) is 5.10 Å². The highest BCUT2D eigenvalue weighted by Gasteiger charge is 2.13. The molecule has 0 aliphatic carbocycles. The molecular weight excluding hydrogens is 288 g/mol. The van der Waals surface area contributed by atoms with Gasteiger partial charge in [0.1, 0.15) is 0 Å². The minimum atomic E-state index is 0.600. The quantitative estimate of drug-likeness (QED) is 0.691. The zero-order valence-electron chi connectivity index (χ0n) is 11.2. The summed E-state index contributed by atoms with van der Waals surface area (Å²) < 4.78 is 0. The maximum atomic E-state index is 6.12. The highest BCUT2D eigenvalue weighted by molar-refractivity contribution is 6.31. The molecule has 1 aliphatic heterocycles. The van der Waals surface area contributed by atoms with Crippen molar-refractivity contribution in [2.24, 2.45) is 0 Å². The lowest BCUT2D eigenvalue weighted by Gasteiger charge is -2.07. The van der Waals surface area contributed by atoms with Crippen LogP contribution in [-0.4, -0.2) is 20.2 Å². The third-order valence-corrected chi connectivity index (χ3v) is 3.83. The van der Waals surface area contributed by atoms with Crippen molar-refractivity contribution in [3.05, 3.63) is 46.4 Å². The van der Waals surface area contributed by atoms with Crippen molar-refractivity contribution in [1.29, 1.82) is 0 Å². The van der Waals surface area contributed by atoms with Gasteiger partial charge in [-0.05, 0) is 17.7 Å². The van der Waals surface area contributed by atoms with E-state index in [0.29, 0.717) is 17.5 Å². The number of rotatable bonds is 3. The van der Waals surface area contributed by atoms with E-state index >= 15 is 0 Å². The predicted molar refractivity (Wildman–Crippen MR) is 81.0 cm³/mol. The van der Waals surface area contributed by atoms with Gasteiger partial charge in [-0.25, -0.2) is 9.97 Å². The number of hydrogen-bond donors (Lipinski definition) is 3. The van der Waals surface area contributed by atoms with Gasteiger partial charge in [-0.15, -0.1) is 0 Å². The van der Waals surface area contributed by atoms with E-state index in [1.54, 1.807) is 6.20 Å². The van der Waals surface area contributed by atoms with E-state index < -0.39 is 0 Å². The number of benzene rings is 1. The van der Waals surface area contributed by atoms with Crippen molar-refractivity contribution < 1.29 is 0 Å². The number of nitrogens with zero attached hydrogens (tertiary/aromatic N) is 3. The molecule has 0 saturated carbocycles. The molecule has 6 nitrogen and oxygen atoms in total. The van der Waals surface area contributed by atoms with Crippen molar-refractivity contribution in [1.82, 2.24) is 25.5 Å². The summed E-state index contributed by atoms with van der Waals surface area (Å²) in [5.74, 6) is 0.633. The zero-order valence-corrected chi connectivity index (χ0v) is 11.9. The SMILES string of the molecule is Clc1cc(CNc2ncc3c(n2)CNC3)c2cn[nH]c2c1. The van der Waals surface area contributed by atoms with Gasteiger partial charge in [0.05, 0.1) is 17.4 Å². The Bertz CT molecular complexity index is 812. The summed E-state index contributed by atoms with van der Waals surface area (Å²) in [4.78, 5) is 8.85. The molecule has 0 spiro atoms. The number of nitrogens with one attached hydrogen (secondary N) is 3. The first kappa shape index (κ1) is 12.6. The lowest BCUT2D eigenvalue weighted by molar-refractivity contribution is 0.758. The zero-order chi connectivity index (χ0) is 14.2. The number of aromatic nitrogens is 4. The van der Waals surface area contributed by atoms with Crippen LogP contribution < -0.4 is 10.6 Å². The molecule has 21 heavy (non-hydrogen) atoms. The van der Waals surface area contributed by atoms with Crippen LogP contribution in [0.1, 0.15) is 16.8 Å². The van der Waals surface area contributed by atoms with Gasteiger partial charge >= 0.3 is 0 Å². The molecule has 0 unspecified atom stereocenters. The summed E-state index contributed by atoms with van der Waals surface area (Å²) in [7, 11) is 0. The molecule has 0 atom stereocenters. The lowest BCUT2D eigenvalue weighted by Crippen LogP contribution is -2.06. The summed E-state index contributed by atoms with van der Waals surface area (Å²) in [5, 5.41) is 15.2. The third kappa shape index (κ3) is 2.32. The van der Waals surface area contributed by atoms with E-state index in [1.165, 1.54) is 5.56 Å². The van der Waals surface area contributed by atoms with E-state index in [0.717, 1.165) is 35.2 Å². The molecule has 0 fully saturated rings. The maximum absolute atomic E-state index is 6.12. The fraction of sp³-hybridized carbons (Fsp3) is 0.214. The Hall–Kier alpha value is -2.18. The number of aromatic amines is 1. The Morgan fingerprint density at radius 2 is 2.19 bits per heavy atom. The fourth-order valence-electron chi connectivity index (χ4n) is 2.55.